The largest absolute Gasteiger partial charge is 0.339 e. The van der Waals surface area contributed by atoms with Gasteiger partial charge in [0.25, 0.3) is 0 Å². The molecule has 2 unspecified atom stereocenters. The molecule has 1 aliphatic heterocycles. The molecule has 3 aliphatic rings. The van der Waals surface area contributed by atoms with Gasteiger partial charge in [-0.3, -0.25) is 4.79 Å². The Hall–Kier alpha value is -1.34. The van der Waals surface area contributed by atoms with Gasteiger partial charge in [0.15, 0.2) is 5.16 Å². The number of hydrogen-bond acceptors (Lipinski definition) is 5. The monoisotopic (exact) mass is 416 g/mol. The molecule has 7 heteroatoms. The standard InChI is InChI=1S/C21H28N4OS2/c26-20(24-11-3-6-15-5-1-2-8-18(15)24)14-28-21-23-22-19(25(21)16-9-10-16)13-17-7-4-12-27-17/h4,7,12,15-16,18H,1-3,5-6,8-11,13-14H2. The van der Waals surface area contributed by atoms with Crippen LogP contribution in [-0.2, 0) is 11.2 Å². The first kappa shape index (κ1) is 18.7. The van der Waals surface area contributed by atoms with Gasteiger partial charge >= 0.3 is 0 Å². The smallest absolute Gasteiger partial charge is 0.233 e. The van der Waals surface area contributed by atoms with Gasteiger partial charge in [-0.2, -0.15) is 0 Å². The summed E-state index contributed by atoms with van der Waals surface area (Å²) in [5.74, 6) is 2.58. The molecule has 0 spiro atoms. The van der Waals surface area contributed by atoms with Crippen LogP contribution >= 0.6 is 23.1 Å². The number of carbonyl (C=O) groups excluding carboxylic acids is 1. The van der Waals surface area contributed by atoms with E-state index in [0.717, 1.165) is 29.9 Å². The molecule has 3 heterocycles. The molecule has 1 saturated heterocycles. The first-order valence-electron chi connectivity index (χ1n) is 10.7. The summed E-state index contributed by atoms with van der Waals surface area (Å²) in [5.41, 5.74) is 0. The van der Waals surface area contributed by atoms with Gasteiger partial charge in [-0.05, 0) is 55.9 Å². The summed E-state index contributed by atoms with van der Waals surface area (Å²) in [6.45, 7) is 0.944. The molecule has 2 aromatic rings. The number of thiophene rings is 1. The second-order valence-electron chi connectivity index (χ2n) is 8.39. The van der Waals surface area contributed by atoms with Gasteiger partial charge in [0.2, 0.25) is 5.91 Å². The fourth-order valence-electron chi connectivity index (χ4n) is 4.94. The Morgan fingerprint density at radius 1 is 1.14 bits per heavy atom. The Balaban J connectivity index is 1.26. The van der Waals surface area contributed by atoms with Crippen LogP contribution in [0.4, 0.5) is 0 Å². The van der Waals surface area contributed by atoms with Crippen molar-refractivity contribution in [3.8, 4) is 0 Å². The maximum Gasteiger partial charge on any atom is 0.233 e. The number of thioether (sulfide) groups is 1. The minimum Gasteiger partial charge on any atom is -0.339 e. The van der Waals surface area contributed by atoms with Crippen LogP contribution in [-0.4, -0.2) is 43.9 Å². The van der Waals surface area contributed by atoms with E-state index >= 15 is 0 Å². The molecule has 0 bridgehead atoms. The van der Waals surface area contributed by atoms with Gasteiger partial charge in [-0.15, -0.1) is 21.5 Å². The zero-order chi connectivity index (χ0) is 18.9. The summed E-state index contributed by atoms with van der Waals surface area (Å²) in [6, 6.07) is 5.26. The molecule has 5 nitrogen and oxygen atoms in total. The number of hydrogen-bond donors (Lipinski definition) is 0. The topological polar surface area (TPSA) is 51.0 Å². The third-order valence-corrected chi connectivity index (χ3v) is 8.25. The van der Waals surface area contributed by atoms with Crippen LogP contribution in [0.25, 0.3) is 0 Å². The second kappa shape index (κ2) is 8.19. The number of piperidine rings is 1. The van der Waals surface area contributed by atoms with Gasteiger partial charge in [-0.1, -0.05) is 30.7 Å². The number of aromatic nitrogens is 3. The summed E-state index contributed by atoms with van der Waals surface area (Å²) in [6.07, 6.45) is 10.8. The lowest BCUT2D eigenvalue weighted by Gasteiger charge is -2.44. The van der Waals surface area contributed by atoms with Crippen molar-refractivity contribution < 1.29 is 4.79 Å². The van der Waals surface area contributed by atoms with Gasteiger partial charge in [0.05, 0.1) is 5.75 Å². The molecule has 0 aromatic carbocycles. The third kappa shape index (κ3) is 3.88. The Kier molecular flexibility index (Phi) is 5.46. The molecule has 2 aliphatic carbocycles. The van der Waals surface area contributed by atoms with Crippen molar-refractivity contribution in [3.63, 3.8) is 0 Å². The van der Waals surface area contributed by atoms with E-state index in [2.05, 4.69) is 37.2 Å². The molecule has 2 saturated carbocycles. The predicted molar refractivity (Wildman–Crippen MR) is 113 cm³/mol. The van der Waals surface area contributed by atoms with Crippen molar-refractivity contribution in [2.24, 2.45) is 5.92 Å². The normalized spacial score (nSPS) is 24.9. The highest BCUT2D eigenvalue weighted by Gasteiger charge is 2.36. The number of likely N-dealkylation sites (tertiary alicyclic amines) is 1. The lowest BCUT2D eigenvalue weighted by Crippen LogP contribution is -2.50. The van der Waals surface area contributed by atoms with Crippen LogP contribution in [0.3, 0.4) is 0 Å². The van der Waals surface area contributed by atoms with E-state index in [1.807, 2.05) is 0 Å². The molecule has 150 valence electrons. The summed E-state index contributed by atoms with van der Waals surface area (Å²) in [7, 11) is 0. The molecular weight excluding hydrogens is 388 g/mol. The number of rotatable bonds is 6. The average molecular weight is 417 g/mol. The van der Waals surface area contributed by atoms with Crippen molar-refractivity contribution in [1.82, 2.24) is 19.7 Å². The fraction of sp³-hybridized carbons (Fsp3) is 0.667. The minimum atomic E-state index is 0.298. The molecule has 2 aromatic heterocycles. The van der Waals surface area contributed by atoms with E-state index in [0.29, 0.717) is 23.7 Å². The average Bonchev–Trinajstić information content (AvgIpc) is 3.28. The highest BCUT2D eigenvalue weighted by atomic mass is 32.2. The van der Waals surface area contributed by atoms with E-state index in [9.17, 15) is 4.79 Å². The van der Waals surface area contributed by atoms with Crippen LogP contribution in [0.2, 0.25) is 0 Å². The highest BCUT2D eigenvalue weighted by Crippen LogP contribution is 2.40. The van der Waals surface area contributed by atoms with Crippen molar-refractivity contribution in [1.29, 1.82) is 0 Å². The van der Waals surface area contributed by atoms with E-state index in [1.54, 1.807) is 23.1 Å². The van der Waals surface area contributed by atoms with Crippen LogP contribution in [0.5, 0.6) is 0 Å². The number of amides is 1. The van der Waals surface area contributed by atoms with Gasteiger partial charge in [0, 0.05) is 29.9 Å². The summed E-state index contributed by atoms with van der Waals surface area (Å²) < 4.78 is 2.30. The SMILES string of the molecule is O=C(CSc1nnc(Cc2cccs2)n1C1CC1)N1CCCC2CCCCC21. The van der Waals surface area contributed by atoms with E-state index in [4.69, 9.17) is 0 Å². The lowest BCUT2D eigenvalue weighted by atomic mass is 9.78. The van der Waals surface area contributed by atoms with Crippen molar-refractivity contribution in [3.05, 3.63) is 28.2 Å². The first-order chi connectivity index (χ1) is 13.8. The Labute approximate surface area is 174 Å². The first-order valence-corrected chi connectivity index (χ1v) is 12.5. The van der Waals surface area contributed by atoms with Crippen LogP contribution in [0.1, 0.15) is 68.1 Å². The zero-order valence-electron chi connectivity index (χ0n) is 16.3. The molecule has 0 radical (unpaired) electrons. The minimum absolute atomic E-state index is 0.298. The fourth-order valence-corrected chi connectivity index (χ4v) is 6.55. The quantitative estimate of drug-likeness (QED) is 0.649. The maximum atomic E-state index is 13.0. The predicted octanol–water partition coefficient (Wildman–Crippen LogP) is 4.54. The van der Waals surface area contributed by atoms with E-state index in [1.165, 1.54) is 56.2 Å². The van der Waals surface area contributed by atoms with Crippen LogP contribution < -0.4 is 0 Å². The summed E-state index contributed by atoms with van der Waals surface area (Å²) in [4.78, 5) is 16.6. The van der Waals surface area contributed by atoms with Gasteiger partial charge < -0.3 is 9.47 Å². The third-order valence-electron chi connectivity index (χ3n) is 6.45. The molecular formula is C21H28N4OS2. The van der Waals surface area contributed by atoms with Gasteiger partial charge in [0.1, 0.15) is 5.82 Å². The summed E-state index contributed by atoms with van der Waals surface area (Å²) in [5, 5.41) is 12.0. The Morgan fingerprint density at radius 2 is 2.00 bits per heavy atom. The number of fused-ring (bicyclic) bond motifs is 1. The Bertz CT molecular complexity index is 812. The molecule has 3 fully saturated rings. The molecule has 1 amide bonds. The second-order valence-corrected chi connectivity index (χ2v) is 10.4. The molecule has 5 rings (SSSR count). The van der Waals surface area contributed by atoms with E-state index < -0.39 is 0 Å². The van der Waals surface area contributed by atoms with Crippen molar-refractivity contribution in [2.45, 2.75) is 75.0 Å². The van der Waals surface area contributed by atoms with Crippen LogP contribution in [0.15, 0.2) is 22.7 Å². The molecule has 28 heavy (non-hydrogen) atoms. The van der Waals surface area contributed by atoms with Crippen LogP contribution in [0, 0.1) is 5.92 Å². The molecule has 2 atom stereocenters. The van der Waals surface area contributed by atoms with E-state index in [-0.39, 0.29) is 0 Å². The highest BCUT2D eigenvalue weighted by molar-refractivity contribution is 7.99. The lowest BCUT2D eigenvalue weighted by molar-refractivity contribution is -0.134. The van der Waals surface area contributed by atoms with Crippen molar-refractivity contribution >= 4 is 29.0 Å². The Morgan fingerprint density at radius 3 is 2.82 bits per heavy atom. The maximum absolute atomic E-state index is 13.0. The number of nitrogens with zero attached hydrogens (tertiary/aromatic N) is 4. The zero-order valence-corrected chi connectivity index (χ0v) is 17.9. The molecule has 0 N–H and O–H groups in total. The summed E-state index contributed by atoms with van der Waals surface area (Å²) >= 11 is 3.36. The van der Waals surface area contributed by atoms with Crippen molar-refractivity contribution in [2.75, 3.05) is 12.3 Å². The number of carbonyl (C=O) groups is 1. The van der Waals surface area contributed by atoms with Gasteiger partial charge in [-0.25, -0.2) is 0 Å².